The van der Waals surface area contributed by atoms with Gasteiger partial charge in [-0.1, -0.05) is 0 Å². The normalized spacial score (nSPS) is 10.9. The van der Waals surface area contributed by atoms with Gasteiger partial charge in [-0.3, -0.25) is 9.52 Å². The van der Waals surface area contributed by atoms with Crippen molar-refractivity contribution in [3.8, 4) is 17.2 Å². The maximum Gasteiger partial charge on any atom is 0.394 e. The molecule has 3 aromatic rings. The predicted molar refractivity (Wildman–Crippen MR) is 113 cm³/mol. The lowest BCUT2D eigenvalue weighted by molar-refractivity contribution is -0.147. The number of amides is 1. The maximum absolute atomic E-state index is 13.0. The standard InChI is InChI=1S/C21H17FN2O7S/c1-12-10-15(23-20(26)21(27)28)6-9-18(12)31-16-7-8-17(25)19(11-16)32(29,30)24-14-4-2-13(22)3-5-14/h2-11,24-25H,1H3,(H,23,26)(H,27,28). The van der Waals surface area contributed by atoms with Crippen LogP contribution in [0.25, 0.3) is 0 Å². The van der Waals surface area contributed by atoms with Crippen LogP contribution in [0.2, 0.25) is 0 Å². The first-order valence-corrected chi connectivity index (χ1v) is 10.5. The van der Waals surface area contributed by atoms with E-state index in [4.69, 9.17) is 9.84 Å². The van der Waals surface area contributed by atoms with Crippen LogP contribution < -0.4 is 14.8 Å². The van der Waals surface area contributed by atoms with E-state index in [0.29, 0.717) is 11.3 Å². The minimum Gasteiger partial charge on any atom is -0.507 e. The summed E-state index contributed by atoms with van der Waals surface area (Å²) in [6.07, 6.45) is 0. The molecular weight excluding hydrogens is 443 g/mol. The summed E-state index contributed by atoms with van der Waals surface area (Å²) in [5, 5.41) is 20.9. The molecule has 0 atom stereocenters. The number of anilines is 2. The summed E-state index contributed by atoms with van der Waals surface area (Å²) in [5.74, 6) is -3.48. The zero-order valence-corrected chi connectivity index (χ0v) is 17.3. The van der Waals surface area contributed by atoms with Gasteiger partial charge in [-0.15, -0.1) is 0 Å². The third-order valence-electron chi connectivity index (χ3n) is 4.17. The summed E-state index contributed by atoms with van der Waals surface area (Å²) in [6.45, 7) is 1.64. The van der Waals surface area contributed by atoms with Gasteiger partial charge in [-0.05, 0) is 67.1 Å². The molecule has 4 N–H and O–H groups in total. The molecule has 3 aromatic carbocycles. The summed E-state index contributed by atoms with van der Waals surface area (Å²) in [5.41, 5.74) is 0.863. The molecule has 11 heteroatoms. The van der Waals surface area contributed by atoms with E-state index in [0.717, 1.165) is 24.3 Å². The highest BCUT2D eigenvalue weighted by Crippen LogP contribution is 2.33. The van der Waals surface area contributed by atoms with Crippen LogP contribution in [0.3, 0.4) is 0 Å². The highest BCUT2D eigenvalue weighted by atomic mass is 32.2. The van der Waals surface area contributed by atoms with Gasteiger partial charge in [-0.2, -0.15) is 0 Å². The van der Waals surface area contributed by atoms with Gasteiger partial charge >= 0.3 is 11.9 Å². The summed E-state index contributed by atoms with van der Waals surface area (Å²) in [4.78, 5) is 21.4. The third-order valence-corrected chi connectivity index (χ3v) is 5.58. The molecule has 9 nitrogen and oxygen atoms in total. The molecule has 0 fully saturated rings. The van der Waals surface area contributed by atoms with E-state index in [1.807, 2.05) is 0 Å². The van der Waals surface area contributed by atoms with Gasteiger partial charge in [0.15, 0.2) is 0 Å². The Bertz CT molecular complexity index is 1290. The number of aryl methyl sites for hydroxylation is 1. The van der Waals surface area contributed by atoms with E-state index in [9.17, 15) is 27.5 Å². The number of aromatic hydroxyl groups is 1. The van der Waals surface area contributed by atoms with Crippen LogP contribution in [0.4, 0.5) is 15.8 Å². The topological polar surface area (TPSA) is 142 Å². The molecule has 0 unspecified atom stereocenters. The average Bonchev–Trinajstić information content (AvgIpc) is 2.72. The number of phenols is 1. The van der Waals surface area contributed by atoms with Crippen LogP contribution in [-0.4, -0.2) is 30.5 Å². The minimum atomic E-state index is -4.22. The number of rotatable bonds is 6. The molecule has 0 aliphatic rings. The number of ether oxygens (including phenoxy) is 1. The van der Waals surface area contributed by atoms with Crippen molar-refractivity contribution in [1.82, 2.24) is 0 Å². The molecule has 0 spiro atoms. The summed E-state index contributed by atoms with van der Waals surface area (Å²) in [6, 6.07) is 12.6. The lowest BCUT2D eigenvalue weighted by atomic mass is 10.2. The number of benzene rings is 3. The predicted octanol–water partition coefficient (Wildman–Crippen LogP) is 3.46. The van der Waals surface area contributed by atoms with Crippen molar-refractivity contribution in [1.29, 1.82) is 0 Å². The fraction of sp³-hybridized carbons (Fsp3) is 0.0476. The maximum atomic E-state index is 13.0. The Hall–Kier alpha value is -4.12. The van der Waals surface area contributed by atoms with Crippen LogP contribution in [0, 0.1) is 12.7 Å². The number of hydrogen-bond donors (Lipinski definition) is 4. The number of phenolic OH excluding ortho intramolecular Hbond substituents is 1. The van der Waals surface area contributed by atoms with E-state index in [-0.39, 0.29) is 17.1 Å². The van der Waals surface area contributed by atoms with Crippen LogP contribution in [-0.2, 0) is 19.6 Å². The molecule has 0 aliphatic carbocycles. The lowest BCUT2D eigenvalue weighted by Gasteiger charge is -2.13. The van der Waals surface area contributed by atoms with Gasteiger partial charge in [0, 0.05) is 17.4 Å². The minimum absolute atomic E-state index is 0.0905. The smallest absolute Gasteiger partial charge is 0.394 e. The molecule has 166 valence electrons. The SMILES string of the molecule is Cc1cc(NC(=O)C(=O)O)ccc1Oc1ccc(O)c(S(=O)(=O)Nc2ccc(F)cc2)c1. The molecule has 1 amide bonds. The second-order valence-electron chi connectivity index (χ2n) is 6.58. The number of hydrogen-bond acceptors (Lipinski definition) is 6. The van der Waals surface area contributed by atoms with E-state index >= 15 is 0 Å². The molecule has 0 aliphatic heterocycles. The van der Waals surface area contributed by atoms with Gasteiger partial charge in [-0.25, -0.2) is 17.6 Å². The zero-order valence-electron chi connectivity index (χ0n) is 16.5. The van der Waals surface area contributed by atoms with Crippen LogP contribution in [0.1, 0.15) is 5.56 Å². The van der Waals surface area contributed by atoms with Crippen molar-refractivity contribution < 1.29 is 37.3 Å². The van der Waals surface area contributed by atoms with Crippen molar-refractivity contribution in [3.05, 3.63) is 72.0 Å². The molecule has 0 radical (unpaired) electrons. The molecular formula is C21H17FN2O7S. The second-order valence-corrected chi connectivity index (χ2v) is 8.23. The van der Waals surface area contributed by atoms with Crippen molar-refractivity contribution in [2.75, 3.05) is 10.0 Å². The Morgan fingerprint density at radius 3 is 2.25 bits per heavy atom. The van der Waals surface area contributed by atoms with E-state index in [1.165, 1.54) is 36.4 Å². The van der Waals surface area contributed by atoms with Gasteiger partial charge in [0.05, 0.1) is 0 Å². The molecule has 3 rings (SSSR count). The molecule has 32 heavy (non-hydrogen) atoms. The Labute approximate surface area is 182 Å². The lowest BCUT2D eigenvalue weighted by Crippen LogP contribution is -2.21. The molecule has 0 heterocycles. The Morgan fingerprint density at radius 2 is 1.62 bits per heavy atom. The number of aliphatic carboxylic acids is 1. The highest BCUT2D eigenvalue weighted by molar-refractivity contribution is 7.92. The summed E-state index contributed by atoms with van der Waals surface area (Å²) < 4.78 is 46.3. The molecule has 0 saturated carbocycles. The number of carboxylic acid groups (broad SMARTS) is 1. The van der Waals surface area contributed by atoms with Crippen molar-refractivity contribution in [3.63, 3.8) is 0 Å². The number of carboxylic acids is 1. The van der Waals surface area contributed by atoms with Gasteiger partial charge in [0.25, 0.3) is 10.0 Å². The number of halogens is 1. The first-order chi connectivity index (χ1) is 15.0. The van der Waals surface area contributed by atoms with Crippen molar-refractivity contribution in [2.45, 2.75) is 11.8 Å². The highest BCUT2D eigenvalue weighted by Gasteiger charge is 2.20. The molecule has 0 saturated heterocycles. The number of carbonyl (C=O) groups excluding carboxylic acids is 1. The Morgan fingerprint density at radius 1 is 0.969 bits per heavy atom. The van der Waals surface area contributed by atoms with Crippen molar-refractivity contribution >= 4 is 33.3 Å². The quantitative estimate of drug-likeness (QED) is 0.413. The first-order valence-electron chi connectivity index (χ1n) is 8.99. The van der Waals surface area contributed by atoms with E-state index < -0.39 is 38.4 Å². The van der Waals surface area contributed by atoms with Gasteiger partial charge < -0.3 is 20.3 Å². The van der Waals surface area contributed by atoms with E-state index in [2.05, 4.69) is 10.0 Å². The number of sulfonamides is 1. The largest absolute Gasteiger partial charge is 0.507 e. The Balaban J connectivity index is 1.83. The van der Waals surface area contributed by atoms with Crippen LogP contribution in [0.15, 0.2) is 65.6 Å². The van der Waals surface area contributed by atoms with Gasteiger partial charge in [0.1, 0.15) is 28.0 Å². The molecule has 0 bridgehead atoms. The average molecular weight is 460 g/mol. The second kappa shape index (κ2) is 8.94. The first kappa shape index (κ1) is 22.6. The monoisotopic (exact) mass is 460 g/mol. The van der Waals surface area contributed by atoms with Crippen molar-refractivity contribution in [2.24, 2.45) is 0 Å². The Kier molecular flexibility index (Phi) is 6.30. The summed E-state index contributed by atoms with van der Waals surface area (Å²) >= 11 is 0. The number of carbonyl (C=O) groups is 2. The summed E-state index contributed by atoms with van der Waals surface area (Å²) in [7, 11) is -4.22. The molecule has 0 aromatic heterocycles. The van der Waals surface area contributed by atoms with E-state index in [1.54, 1.807) is 6.92 Å². The fourth-order valence-corrected chi connectivity index (χ4v) is 3.83. The third kappa shape index (κ3) is 5.32. The van der Waals surface area contributed by atoms with Crippen LogP contribution >= 0.6 is 0 Å². The fourth-order valence-electron chi connectivity index (χ4n) is 2.65. The number of nitrogens with one attached hydrogen (secondary N) is 2. The van der Waals surface area contributed by atoms with Gasteiger partial charge in [0.2, 0.25) is 0 Å². The zero-order chi connectivity index (χ0) is 23.5. The van der Waals surface area contributed by atoms with Crippen LogP contribution in [0.5, 0.6) is 17.2 Å².